The molecule has 1 aliphatic carbocycles. The van der Waals surface area contributed by atoms with E-state index in [1.165, 1.54) is 17.7 Å². The van der Waals surface area contributed by atoms with Crippen molar-refractivity contribution in [3.63, 3.8) is 0 Å². The molecule has 0 unspecified atom stereocenters. The van der Waals surface area contributed by atoms with Crippen molar-refractivity contribution in [2.24, 2.45) is 11.8 Å². The zero-order chi connectivity index (χ0) is 13.1. The molecule has 1 saturated carbocycles. The van der Waals surface area contributed by atoms with Crippen LogP contribution in [0.3, 0.4) is 0 Å². The summed E-state index contributed by atoms with van der Waals surface area (Å²) in [6, 6.07) is 8.03. The molecule has 0 spiro atoms. The molecule has 100 valence electrons. The summed E-state index contributed by atoms with van der Waals surface area (Å²) in [6.45, 7) is 2.02. The molecule has 0 amide bonds. The molecule has 1 aromatic heterocycles. The maximum Gasteiger partial charge on any atom is 0.0921 e. The number of hydrogen-bond donors (Lipinski definition) is 2. The molecule has 0 saturated heterocycles. The quantitative estimate of drug-likeness (QED) is 0.851. The van der Waals surface area contributed by atoms with Crippen LogP contribution in [0.1, 0.15) is 17.7 Å². The summed E-state index contributed by atoms with van der Waals surface area (Å²) in [7, 11) is 0. The van der Waals surface area contributed by atoms with Crippen LogP contribution in [0.15, 0.2) is 36.8 Å². The minimum absolute atomic E-state index is 0.797. The Morgan fingerprint density at radius 2 is 2.11 bits per heavy atom. The molecular weight excluding hydrogens is 258 g/mol. The van der Waals surface area contributed by atoms with Gasteiger partial charge in [-0.2, -0.15) is 0 Å². The van der Waals surface area contributed by atoms with Gasteiger partial charge in [-0.3, -0.25) is 0 Å². The highest BCUT2D eigenvalue weighted by molar-refractivity contribution is 6.30. The fraction of sp³-hybridized carbons (Fsp3) is 0.400. The Kier molecular flexibility index (Phi) is 3.85. The van der Waals surface area contributed by atoms with Crippen molar-refractivity contribution in [2.45, 2.75) is 19.4 Å². The van der Waals surface area contributed by atoms with Crippen molar-refractivity contribution in [3.05, 3.63) is 53.1 Å². The molecular formula is C15H18ClN3. The van der Waals surface area contributed by atoms with Crippen molar-refractivity contribution in [2.75, 3.05) is 6.54 Å². The molecule has 3 nitrogen and oxygen atoms in total. The average Bonchev–Trinajstić information content (AvgIpc) is 2.93. The maximum absolute atomic E-state index is 5.86. The predicted molar refractivity (Wildman–Crippen MR) is 77.0 cm³/mol. The van der Waals surface area contributed by atoms with Gasteiger partial charge in [-0.15, -0.1) is 0 Å². The third kappa shape index (κ3) is 3.58. The number of H-pyrrole nitrogens is 1. The van der Waals surface area contributed by atoms with E-state index < -0.39 is 0 Å². The summed E-state index contributed by atoms with van der Waals surface area (Å²) in [5.74, 6) is 1.63. The molecule has 0 bridgehead atoms. The summed E-state index contributed by atoms with van der Waals surface area (Å²) in [5, 5.41) is 4.32. The minimum atomic E-state index is 0.797. The van der Waals surface area contributed by atoms with E-state index in [2.05, 4.69) is 27.4 Å². The third-order valence-electron chi connectivity index (χ3n) is 3.75. The van der Waals surface area contributed by atoms with Gasteiger partial charge in [0.2, 0.25) is 0 Å². The summed E-state index contributed by atoms with van der Waals surface area (Å²) in [4.78, 5) is 7.23. The topological polar surface area (TPSA) is 40.7 Å². The summed E-state index contributed by atoms with van der Waals surface area (Å²) in [6.07, 6.45) is 6.14. The van der Waals surface area contributed by atoms with Gasteiger partial charge in [-0.1, -0.05) is 23.7 Å². The maximum atomic E-state index is 5.86. The van der Waals surface area contributed by atoms with Crippen LogP contribution >= 0.6 is 11.6 Å². The molecule has 1 aliphatic rings. The standard InChI is InChI=1S/C15H18ClN3/c16-14-3-1-11(2-4-14)7-17-8-13-5-12(13)6-15-9-18-10-19-15/h1-4,9-10,12-13,17H,5-8H2,(H,18,19)/t12-,13+/m1/s1. The van der Waals surface area contributed by atoms with Crippen LogP contribution in [0.4, 0.5) is 0 Å². The number of rotatable bonds is 6. The van der Waals surface area contributed by atoms with Crippen LogP contribution in [-0.2, 0) is 13.0 Å². The summed E-state index contributed by atoms with van der Waals surface area (Å²) >= 11 is 5.86. The molecule has 1 aromatic carbocycles. The Morgan fingerprint density at radius 3 is 2.84 bits per heavy atom. The molecule has 2 N–H and O–H groups in total. The smallest absolute Gasteiger partial charge is 0.0921 e. The van der Waals surface area contributed by atoms with Gasteiger partial charge in [0, 0.05) is 23.5 Å². The van der Waals surface area contributed by atoms with Gasteiger partial charge < -0.3 is 10.3 Å². The Balaban J connectivity index is 1.37. The van der Waals surface area contributed by atoms with E-state index in [1.54, 1.807) is 6.33 Å². The fourth-order valence-corrected chi connectivity index (χ4v) is 2.62. The number of imidazole rings is 1. The van der Waals surface area contributed by atoms with Crippen molar-refractivity contribution in [1.29, 1.82) is 0 Å². The Labute approximate surface area is 118 Å². The van der Waals surface area contributed by atoms with Crippen molar-refractivity contribution in [3.8, 4) is 0 Å². The van der Waals surface area contributed by atoms with Gasteiger partial charge >= 0.3 is 0 Å². The van der Waals surface area contributed by atoms with E-state index in [4.69, 9.17) is 11.6 Å². The number of benzene rings is 1. The lowest BCUT2D eigenvalue weighted by atomic mass is 10.2. The zero-order valence-electron chi connectivity index (χ0n) is 10.8. The van der Waals surface area contributed by atoms with Crippen LogP contribution in [0.2, 0.25) is 5.02 Å². The monoisotopic (exact) mass is 275 g/mol. The second-order valence-corrected chi connectivity index (χ2v) is 5.73. The lowest BCUT2D eigenvalue weighted by Gasteiger charge is -2.04. The van der Waals surface area contributed by atoms with Crippen molar-refractivity contribution in [1.82, 2.24) is 15.3 Å². The lowest BCUT2D eigenvalue weighted by Crippen LogP contribution is -2.17. The molecule has 0 aliphatic heterocycles. The first-order chi connectivity index (χ1) is 9.31. The first-order valence-electron chi connectivity index (χ1n) is 6.73. The highest BCUT2D eigenvalue weighted by Gasteiger charge is 2.36. The largest absolute Gasteiger partial charge is 0.348 e. The molecule has 2 atom stereocenters. The molecule has 2 aromatic rings. The van der Waals surface area contributed by atoms with Crippen molar-refractivity contribution >= 4 is 11.6 Å². The second kappa shape index (κ2) is 5.76. The highest BCUT2D eigenvalue weighted by atomic mass is 35.5. The molecule has 4 heteroatoms. The fourth-order valence-electron chi connectivity index (χ4n) is 2.49. The first-order valence-corrected chi connectivity index (χ1v) is 7.11. The Morgan fingerprint density at radius 1 is 1.26 bits per heavy atom. The summed E-state index contributed by atoms with van der Waals surface area (Å²) < 4.78 is 0. The van der Waals surface area contributed by atoms with Crippen LogP contribution in [0.25, 0.3) is 0 Å². The number of halogens is 1. The van der Waals surface area contributed by atoms with Crippen LogP contribution in [0, 0.1) is 11.8 Å². The first kappa shape index (κ1) is 12.7. The van der Waals surface area contributed by atoms with Gasteiger partial charge in [-0.05, 0) is 48.9 Å². The van der Waals surface area contributed by atoms with E-state index in [0.29, 0.717) is 0 Å². The normalized spacial score (nSPS) is 21.5. The van der Waals surface area contributed by atoms with Gasteiger partial charge in [0.25, 0.3) is 0 Å². The van der Waals surface area contributed by atoms with E-state index in [9.17, 15) is 0 Å². The van der Waals surface area contributed by atoms with Crippen LogP contribution in [0.5, 0.6) is 0 Å². The van der Waals surface area contributed by atoms with Gasteiger partial charge in [0.15, 0.2) is 0 Å². The SMILES string of the molecule is Clc1ccc(CNC[C@@H]2C[C@@H]2Cc2cnc[nH]2)cc1. The minimum Gasteiger partial charge on any atom is -0.348 e. The molecule has 1 fully saturated rings. The number of nitrogens with zero attached hydrogens (tertiary/aromatic N) is 1. The molecule has 0 radical (unpaired) electrons. The lowest BCUT2D eigenvalue weighted by molar-refractivity contribution is 0.594. The zero-order valence-corrected chi connectivity index (χ0v) is 11.5. The van der Waals surface area contributed by atoms with Crippen molar-refractivity contribution < 1.29 is 0 Å². The van der Waals surface area contributed by atoms with E-state index in [-0.39, 0.29) is 0 Å². The average molecular weight is 276 g/mol. The van der Waals surface area contributed by atoms with Crippen LogP contribution in [-0.4, -0.2) is 16.5 Å². The van der Waals surface area contributed by atoms with Gasteiger partial charge in [0.05, 0.1) is 6.33 Å². The summed E-state index contributed by atoms with van der Waals surface area (Å²) in [5.41, 5.74) is 2.54. The number of aromatic nitrogens is 2. The molecule has 19 heavy (non-hydrogen) atoms. The third-order valence-corrected chi connectivity index (χ3v) is 4.01. The predicted octanol–water partition coefficient (Wildman–Crippen LogP) is 3.03. The van der Waals surface area contributed by atoms with E-state index in [0.717, 1.165) is 36.4 Å². The number of nitrogens with one attached hydrogen (secondary N) is 2. The second-order valence-electron chi connectivity index (χ2n) is 5.29. The van der Waals surface area contributed by atoms with E-state index >= 15 is 0 Å². The van der Waals surface area contributed by atoms with Gasteiger partial charge in [-0.25, -0.2) is 4.98 Å². The van der Waals surface area contributed by atoms with E-state index in [1.807, 2.05) is 18.3 Å². The number of hydrogen-bond acceptors (Lipinski definition) is 2. The van der Waals surface area contributed by atoms with Crippen LogP contribution < -0.4 is 5.32 Å². The number of aromatic amines is 1. The molecule has 3 rings (SSSR count). The molecule has 1 heterocycles. The van der Waals surface area contributed by atoms with Gasteiger partial charge in [0.1, 0.15) is 0 Å². The Bertz CT molecular complexity index is 507. The Hall–Kier alpha value is -1.32. The highest BCUT2D eigenvalue weighted by Crippen LogP contribution is 2.40.